The Labute approximate surface area is 122 Å². The van der Waals surface area contributed by atoms with Crippen molar-refractivity contribution >= 4 is 0 Å². The number of benzene rings is 1. The summed E-state index contributed by atoms with van der Waals surface area (Å²) in [5.41, 5.74) is 9.05. The summed E-state index contributed by atoms with van der Waals surface area (Å²) in [5.74, 6) is 2.00. The van der Waals surface area contributed by atoms with Gasteiger partial charge in [-0.25, -0.2) is 0 Å². The topological polar surface area (TPSA) is 35.2 Å². The number of aryl methyl sites for hydroxylation is 1. The van der Waals surface area contributed by atoms with E-state index in [-0.39, 0.29) is 6.04 Å². The van der Waals surface area contributed by atoms with E-state index >= 15 is 0 Å². The Hall–Kier alpha value is -1.02. The highest BCUT2D eigenvalue weighted by molar-refractivity contribution is 5.39. The number of rotatable bonds is 4. The molecule has 1 aliphatic heterocycles. The highest BCUT2D eigenvalue weighted by Gasteiger charge is 2.17. The molecule has 3 rings (SSSR count). The van der Waals surface area contributed by atoms with Crippen LogP contribution in [-0.4, -0.2) is 6.61 Å². The number of fused-ring (bicyclic) bond motifs is 1. The van der Waals surface area contributed by atoms with Crippen LogP contribution < -0.4 is 10.5 Å². The van der Waals surface area contributed by atoms with E-state index < -0.39 is 0 Å². The first-order valence-corrected chi connectivity index (χ1v) is 8.34. The maximum atomic E-state index is 6.40. The van der Waals surface area contributed by atoms with Gasteiger partial charge < -0.3 is 10.5 Å². The first kappa shape index (κ1) is 13.9. The van der Waals surface area contributed by atoms with Gasteiger partial charge in [-0.3, -0.25) is 0 Å². The van der Waals surface area contributed by atoms with Crippen molar-refractivity contribution in [3.8, 4) is 5.75 Å². The smallest absolute Gasteiger partial charge is 0.122 e. The first-order valence-electron chi connectivity index (χ1n) is 8.34. The Morgan fingerprint density at radius 2 is 2.00 bits per heavy atom. The number of nitrogens with two attached hydrogens (primary N) is 1. The fourth-order valence-corrected chi connectivity index (χ4v) is 3.67. The monoisotopic (exact) mass is 273 g/mol. The molecule has 0 bridgehead atoms. The molecule has 1 unspecified atom stereocenters. The fraction of sp³-hybridized carbons (Fsp3) is 0.667. The second kappa shape index (κ2) is 6.62. The summed E-state index contributed by atoms with van der Waals surface area (Å²) in [6.07, 6.45) is 11.8. The molecule has 110 valence electrons. The molecule has 20 heavy (non-hydrogen) atoms. The third-order valence-corrected chi connectivity index (χ3v) is 4.97. The molecule has 0 amide bonds. The van der Waals surface area contributed by atoms with Gasteiger partial charge >= 0.3 is 0 Å². The normalized spacial score (nSPS) is 21.1. The minimum absolute atomic E-state index is 0.198. The zero-order valence-corrected chi connectivity index (χ0v) is 12.4. The zero-order chi connectivity index (χ0) is 13.8. The highest BCUT2D eigenvalue weighted by atomic mass is 16.5. The second-order valence-electron chi connectivity index (χ2n) is 6.51. The predicted octanol–water partition coefficient (Wildman–Crippen LogP) is 4.37. The molecule has 2 aliphatic rings. The average molecular weight is 273 g/mol. The van der Waals surface area contributed by atoms with Crippen molar-refractivity contribution < 1.29 is 4.74 Å². The van der Waals surface area contributed by atoms with E-state index in [0.29, 0.717) is 0 Å². The lowest BCUT2D eigenvalue weighted by Crippen LogP contribution is -2.15. The van der Waals surface area contributed by atoms with Crippen LogP contribution in [0.1, 0.15) is 68.5 Å². The number of ether oxygens (including phenoxy) is 1. The molecule has 1 heterocycles. The zero-order valence-electron chi connectivity index (χ0n) is 12.4. The van der Waals surface area contributed by atoms with Gasteiger partial charge in [0, 0.05) is 6.04 Å². The Balaban J connectivity index is 1.57. The molecule has 1 saturated carbocycles. The van der Waals surface area contributed by atoms with Crippen LogP contribution in [0.2, 0.25) is 0 Å². The summed E-state index contributed by atoms with van der Waals surface area (Å²) in [6, 6.07) is 6.75. The molecule has 0 aromatic heterocycles. The molecule has 1 atom stereocenters. The summed E-state index contributed by atoms with van der Waals surface area (Å²) in [5, 5.41) is 0. The van der Waals surface area contributed by atoms with Gasteiger partial charge in [0.25, 0.3) is 0 Å². The molecule has 1 aromatic carbocycles. The summed E-state index contributed by atoms with van der Waals surface area (Å²) in [7, 11) is 0. The molecular formula is C18H27NO. The van der Waals surface area contributed by atoms with E-state index in [4.69, 9.17) is 10.5 Å². The third-order valence-electron chi connectivity index (χ3n) is 4.97. The van der Waals surface area contributed by atoms with Crippen LogP contribution >= 0.6 is 0 Å². The van der Waals surface area contributed by atoms with Gasteiger partial charge in [0.05, 0.1) is 6.61 Å². The largest absolute Gasteiger partial charge is 0.493 e. The summed E-state index contributed by atoms with van der Waals surface area (Å²) < 4.78 is 5.67. The Morgan fingerprint density at radius 3 is 2.85 bits per heavy atom. The van der Waals surface area contributed by atoms with Gasteiger partial charge in [0.2, 0.25) is 0 Å². The van der Waals surface area contributed by atoms with Crippen molar-refractivity contribution in [2.24, 2.45) is 11.7 Å². The number of hydrogen-bond acceptors (Lipinski definition) is 2. The van der Waals surface area contributed by atoms with Gasteiger partial charge in [-0.05, 0) is 48.8 Å². The van der Waals surface area contributed by atoms with Gasteiger partial charge in [-0.1, -0.05) is 44.2 Å². The average Bonchev–Trinajstić information content (AvgIpc) is 2.53. The van der Waals surface area contributed by atoms with E-state index in [9.17, 15) is 0 Å². The molecule has 1 fully saturated rings. The third kappa shape index (κ3) is 3.35. The van der Waals surface area contributed by atoms with Crippen LogP contribution in [0, 0.1) is 5.92 Å². The molecule has 2 heteroatoms. The molecule has 1 aromatic rings. The van der Waals surface area contributed by atoms with Crippen LogP contribution in [-0.2, 0) is 6.42 Å². The SMILES string of the molecule is NC(CCC1CCCCC1)c1ccc2c(c1)CCCO2. The highest BCUT2D eigenvalue weighted by Crippen LogP contribution is 2.32. The molecule has 1 aliphatic carbocycles. The van der Waals surface area contributed by atoms with Crippen molar-refractivity contribution in [3.63, 3.8) is 0 Å². The van der Waals surface area contributed by atoms with Crippen molar-refractivity contribution in [2.45, 2.75) is 63.8 Å². The Morgan fingerprint density at radius 1 is 1.15 bits per heavy atom. The lowest BCUT2D eigenvalue weighted by atomic mass is 9.84. The first-order chi connectivity index (χ1) is 9.83. The van der Waals surface area contributed by atoms with E-state index in [1.807, 2.05) is 0 Å². The van der Waals surface area contributed by atoms with E-state index in [0.717, 1.165) is 37.5 Å². The van der Waals surface area contributed by atoms with Gasteiger partial charge in [-0.2, -0.15) is 0 Å². The Kier molecular flexibility index (Phi) is 4.62. The van der Waals surface area contributed by atoms with Crippen molar-refractivity contribution in [3.05, 3.63) is 29.3 Å². The molecule has 2 N–H and O–H groups in total. The standard InChI is InChI=1S/C18H27NO/c19-17(10-8-14-5-2-1-3-6-14)15-9-11-18-16(13-15)7-4-12-20-18/h9,11,13-14,17H,1-8,10,12,19H2. The minimum Gasteiger partial charge on any atom is -0.493 e. The number of hydrogen-bond donors (Lipinski definition) is 1. The van der Waals surface area contributed by atoms with Crippen molar-refractivity contribution in [1.82, 2.24) is 0 Å². The molecule has 2 nitrogen and oxygen atoms in total. The van der Waals surface area contributed by atoms with Crippen LogP contribution in [0.25, 0.3) is 0 Å². The van der Waals surface area contributed by atoms with Gasteiger partial charge in [0.1, 0.15) is 5.75 Å². The summed E-state index contributed by atoms with van der Waals surface area (Å²) >= 11 is 0. The van der Waals surface area contributed by atoms with E-state index in [1.165, 1.54) is 49.7 Å². The summed E-state index contributed by atoms with van der Waals surface area (Å²) in [4.78, 5) is 0. The molecule has 0 spiro atoms. The molecule has 0 saturated heterocycles. The van der Waals surface area contributed by atoms with Crippen LogP contribution in [0.5, 0.6) is 5.75 Å². The van der Waals surface area contributed by atoms with Crippen molar-refractivity contribution in [2.75, 3.05) is 6.61 Å². The van der Waals surface area contributed by atoms with Crippen LogP contribution in [0.15, 0.2) is 18.2 Å². The van der Waals surface area contributed by atoms with Crippen LogP contribution in [0.4, 0.5) is 0 Å². The Bertz CT molecular complexity index is 437. The van der Waals surface area contributed by atoms with Crippen LogP contribution in [0.3, 0.4) is 0 Å². The fourth-order valence-electron chi connectivity index (χ4n) is 3.67. The quantitative estimate of drug-likeness (QED) is 0.884. The van der Waals surface area contributed by atoms with E-state index in [2.05, 4.69) is 18.2 Å². The minimum atomic E-state index is 0.198. The summed E-state index contributed by atoms with van der Waals surface area (Å²) in [6.45, 7) is 0.861. The van der Waals surface area contributed by atoms with Gasteiger partial charge in [0.15, 0.2) is 0 Å². The van der Waals surface area contributed by atoms with Crippen molar-refractivity contribution in [1.29, 1.82) is 0 Å². The van der Waals surface area contributed by atoms with Gasteiger partial charge in [-0.15, -0.1) is 0 Å². The predicted molar refractivity (Wildman–Crippen MR) is 83.0 cm³/mol. The second-order valence-corrected chi connectivity index (χ2v) is 6.51. The lowest BCUT2D eigenvalue weighted by Gasteiger charge is -2.24. The van der Waals surface area contributed by atoms with E-state index in [1.54, 1.807) is 0 Å². The molecular weight excluding hydrogens is 246 g/mol. The lowest BCUT2D eigenvalue weighted by molar-refractivity contribution is 0.288. The molecule has 0 radical (unpaired) electrons. The maximum Gasteiger partial charge on any atom is 0.122 e. The maximum absolute atomic E-state index is 6.40.